The lowest BCUT2D eigenvalue weighted by Crippen LogP contribution is -2.39. The molecule has 0 aromatic carbocycles. The lowest BCUT2D eigenvalue weighted by atomic mass is 10.1. The molecule has 1 atom stereocenters. The molecule has 116 valence electrons. The van der Waals surface area contributed by atoms with Crippen molar-refractivity contribution in [2.45, 2.75) is 39.2 Å². The van der Waals surface area contributed by atoms with Gasteiger partial charge in [0.05, 0.1) is 17.4 Å². The molecular formula is C15H24N4O2. The molecule has 0 spiro atoms. The van der Waals surface area contributed by atoms with Crippen molar-refractivity contribution >= 4 is 11.7 Å². The van der Waals surface area contributed by atoms with E-state index < -0.39 is 6.10 Å². The number of aliphatic hydroxyl groups excluding tert-OH is 1. The number of aryl methyl sites for hydroxylation is 1. The molecule has 0 amide bonds. The van der Waals surface area contributed by atoms with Crippen molar-refractivity contribution in [3.63, 3.8) is 0 Å². The van der Waals surface area contributed by atoms with E-state index in [1.807, 2.05) is 0 Å². The van der Waals surface area contributed by atoms with E-state index in [-0.39, 0.29) is 5.78 Å². The van der Waals surface area contributed by atoms with Crippen LogP contribution in [0.25, 0.3) is 0 Å². The second-order valence-electron chi connectivity index (χ2n) is 5.64. The Morgan fingerprint density at radius 2 is 2.14 bits per heavy atom. The zero-order chi connectivity index (χ0) is 15.2. The summed E-state index contributed by atoms with van der Waals surface area (Å²) in [6.07, 6.45) is 4.81. The van der Waals surface area contributed by atoms with Crippen LogP contribution in [0.1, 0.15) is 42.2 Å². The first-order valence-electron chi connectivity index (χ1n) is 7.55. The molecule has 21 heavy (non-hydrogen) atoms. The Labute approximate surface area is 125 Å². The van der Waals surface area contributed by atoms with Crippen LogP contribution in [0.2, 0.25) is 0 Å². The highest BCUT2D eigenvalue weighted by molar-refractivity contribution is 5.94. The quantitative estimate of drug-likeness (QED) is 0.768. The Morgan fingerprint density at radius 3 is 2.76 bits per heavy atom. The molecule has 2 heterocycles. The van der Waals surface area contributed by atoms with Crippen molar-refractivity contribution in [3.05, 3.63) is 17.5 Å². The molecule has 0 saturated carbocycles. The number of carbonyl (C=O) groups is 1. The Hall–Kier alpha value is -1.53. The largest absolute Gasteiger partial charge is 0.390 e. The van der Waals surface area contributed by atoms with Gasteiger partial charge in [-0.2, -0.15) is 0 Å². The number of hydrogen-bond donors (Lipinski definition) is 2. The molecule has 1 aromatic heterocycles. The first kappa shape index (κ1) is 15.9. The minimum Gasteiger partial charge on any atom is -0.390 e. The van der Waals surface area contributed by atoms with E-state index in [1.165, 1.54) is 32.4 Å². The number of rotatable bonds is 6. The summed E-state index contributed by atoms with van der Waals surface area (Å²) in [5, 5.41) is 13.1. The van der Waals surface area contributed by atoms with E-state index in [4.69, 9.17) is 0 Å². The molecule has 2 N–H and O–H groups in total. The third-order valence-electron chi connectivity index (χ3n) is 3.77. The second kappa shape index (κ2) is 7.47. The zero-order valence-electron chi connectivity index (χ0n) is 12.8. The Bertz CT molecular complexity index is 487. The average Bonchev–Trinajstić information content (AvgIpc) is 2.46. The summed E-state index contributed by atoms with van der Waals surface area (Å²) in [5.41, 5.74) is 1.19. The van der Waals surface area contributed by atoms with E-state index in [9.17, 15) is 9.90 Å². The number of ketones is 1. The third kappa shape index (κ3) is 4.75. The number of likely N-dealkylation sites (tertiary alicyclic amines) is 1. The Kier molecular flexibility index (Phi) is 5.64. The molecule has 2 rings (SSSR count). The highest BCUT2D eigenvalue weighted by atomic mass is 16.3. The van der Waals surface area contributed by atoms with Crippen LogP contribution < -0.4 is 5.32 Å². The number of β-amino-alcohol motifs (C(OH)–C–C–N with tert-alkyl or cyclic N) is 1. The van der Waals surface area contributed by atoms with Crippen molar-refractivity contribution in [1.29, 1.82) is 0 Å². The number of carbonyl (C=O) groups excluding carboxylic acids is 1. The molecule has 6 nitrogen and oxygen atoms in total. The van der Waals surface area contributed by atoms with Gasteiger partial charge < -0.3 is 15.3 Å². The van der Waals surface area contributed by atoms with E-state index in [1.54, 1.807) is 6.92 Å². The molecule has 1 fully saturated rings. The van der Waals surface area contributed by atoms with Crippen molar-refractivity contribution in [2.75, 3.05) is 31.5 Å². The number of Topliss-reactive ketones (excluding diaryl/α,β-unsaturated/α-hetero) is 1. The predicted octanol–water partition coefficient (Wildman–Crippen LogP) is 1.25. The van der Waals surface area contributed by atoms with Crippen LogP contribution in [0, 0.1) is 6.92 Å². The average molecular weight is 292 g/mol. The molecule has 1 aliphatic rings. The molecule has 0 aliphatic carbocycles. The van der Waals surface area contributed by atoms with Gasteiger partial charge >= 0.3 is 0 Å². The Morgan fingerprint density at radius 1 is 1.43 bits per heavy atom. The molecule has 0 bridgehead atoms. The van der Waals surface area contributed by atoms with Crippen molar-refractivity contribution in [1.82, 2.24) is 14.9 Å². The maximum Gasteiger partial charge on any atom is 0.222 e. The number of anilines is 1. The van der Waals surface area contributed by atoms with Crippen molar-refractivity contribution in [2.24, 2.45) is 0 Å². The summed E-state index contributed by atoms with van der Waals surface area (Å²) in [4.78, 5) is 22.0. The maximum atomic E-state index is 11.3. The monoisotopic (exact) mass is 292 g/mol. The van der Waals surface area contributed by atoms with Crippen LogP contribution in [0.4, 0.5) is 5.95 Å². The van der Waals surface area contributed by atoms with Gasteiger partial charge in [0.15, 0.2) is 5.78 Å². The van der Waals surface area contributed by atoms with Gasteiger partial charge in [0, 0.05) is 19.3 Å². The lowest BCUT2D eigenvalue weighted by Gasteiger charge is -2.28. The van der Waals surface area contributed by atoms with Gasteiger partial charge in [-0.25, -0.2) is 9.97 Å². The van der Waals surface area contributed by atoms with Gasteiger partial charge in [-0.15, -0.1) is 0 Å². The van der Waals surface area contributed by atoms with Gasteiger partial charge in [0.1, 0.15) is 0 Å². The second-order valence-corrected chi connectivity index (χ2v) is 5.64. The molecule has 1 unspecified atom stereocenters. The molecule has 6 heteroatoms. The fourth-order valence-electron chi connectivity index (χ4n) is 2.61. The number of hydrogen-bond acceptors (Lipinski definition) is 6. The summed E-state index contributed by atoms with van der Waals surface area (Å²) in [6, 6.07) is 0. The van der Waals surface area contributed by atoms with Crippen LogP contribution in [-0.2, 0) is 0 Å². The van der Waals surface area contributed by atoms with Crippen molar-refractivity contribution < 1.29 is 9.90 Å². The number of piperidine rings is 1. The minimum atomic E-state index is -0.445. The zero-order valence-corrected chi connectivity index (χ0v) is 12.8. The Balaban J connectivity index is 1.81. The van der Waals surface area contributed by atoms with E-state index in [0.29, 0.717) is 30.3 Å². The standard InChI is InChI=1S/C15H24N4O2/c1-11-14(12(2)20)9-17-15(18-11)16-8-13(21)10-19-6-4-3-5-7-19/h9,13,21H,3-8,10H2,1-2H3,(H,16,17,18). The fourth-order valence-corrected chi connectivity index (χ4v) is 2.61. The summed E-state index contributed by atoms with van der Waals surface area (Å²) in [6.45, 7) is 6.52. The molecule has 1 saturated heterocycles. The summed E-state index contributed by atoms with van der Waals surface area (Å²) in [7, 11) is 0. The molecule has 1 aromatic rings. The number of nitrogens with one attached hydrogen (secondary N) is 1. The maximum absolute atomic E-state index is 11.3. The SMILES string of the molecule is CC(=O)c1cnc(NCC(O)CN2CCCCC2)nc1C. The van der Waals surface area contributed by atoms with E-state index >= 15 is 0 Å². The van der Waals surface area contributed by atoms with Crippen LogP contribution in [0.3, 0.4) is 0 Å². The molecule has 1 aliphatic heterocycles. The summed E-state index contributed by atoms with van der Waals surface area (Å²) >= 11 is 0. The van der Waals surface area contributed by atoms with Gasteiger partial charge in [-0.1, -0.05) is 6.42 Å². The topological polar surface area (TPSA) is 78.3 Å². The lowest BCUT2D eigenvalue weighted by molar-refractivity contribution is 0.101. The molecular weight excluding hydrogens is 268 g/mol. The van der Waals surface area contributed by atoms with Crippen LogP contribution in [0.5, 0.6) is 0 Å². The smallest absolute Gasteiger partial charge is 0.222 e. The number of aromatic nitrogens is 2. The fraction of sp³-hybridized carbons (Fsp3) is 0.667. The van der Waals surface area contributed by atoms with Gasteiger partial charge in [-0.3, -0.25) is 4.79 Å². The normalized spacial score (nSPS) is 17.5. The van der Waals surface area contributed by atoms with Gasteiger partial charge in [0.25, 0.3) is 0 Å². The number of aliphatic hydroxyl groups is 1. The highest BCUT2D eigenvalue weighted by Gasteiger charge is 2.15. The first-order chi connectivity index (χ1) is 10.1. The number of nitrogens with zero attached hydrogens (tertiary/aromatic N) is 3. The van der Waals surface area contributed by atoms with Crippen LogP contribution >= 0.6 is 0 Å². The highest BCUT2D eigenvalue weighted by Crippen LogP contribution is 2.10. The molecule has 0 radical (unpaired) electrons. The minimum absolute atomic E-state index is 0.0378. The van der Waals surface area contributed by atoms with Gasteiger partial charge in [-0.05, 0) is 39.8 Å². The van der Waals surface area contributed by atoms with Gasteiger partial charge in [0.2, 0.25) is 5.95 Å². The van der Waals surface area contributed by atoms with E-state index in [2.05, 4.69) is 20.2 Å². The first-order valence-corrected chi connectivity index (χ1v) is 7.55. The summed E-state index contributed by atoms with van der Waals surface area (Å²) in [5.74, 6) is 0.416. The van der Waals surface area contributed by atoms with Crippen LogP contribution in [0.15, 0.2) is 6.20 Å². The third-order valence-corrected chi connectivity index (χ3v) is 3.77. The van der Waals surface area contributed by atoms with Crippen molar-refractivity contribution in [3.8, 4) is 0 Å². The van der Waals surface area contributed by atoms with E-state index in [0.717, 1.165) is 13.1 Å². The van der Waals surface area contributed by atoms with Crippen LogP contribution in [-0.4, -0.2) is 58.0 Å². The predicted molar refractivity (Wildman–Crippen MR) is 81.6 cm³/mol. The summed E-state index contributed by atoms with van der Waals surface area (Å²) < 4.78 is 0.